The van der Waals surface area contributed by atoms with Gasteiger partial charge in [0.05, 0.1) is 20.0 Å². The van der Waals surface area contributed by atoms with Crippen molar-refractivity contribution in [1.82, 2.24) is 4.98 Å². The summed E-state index contributed by atoms with van der Waals surface area (Å²) >= 11 is 3.13. The average molecular weight is 364 g/mol. The van der Waals surface area contributed by atoms with E-state index in [1.54, 1.807) is 11.3 Å². The van der Waals surface area contributed by atoms with Crippen LogP contribution < -0.4 is 5.32 Å². The zero-order chi connectivity index (χ0) is 17.4. The number of thiophene rings is 1. The molecule has 1 amide bonds. The summed E-state index contributed by atoms with van der Waals surface area (Å²) in [4.78, 5) is 18.9. The number of amides is 1. The molecule has 0 bridgehead atoms. The molecule has 2 aromatic carbocycles. The minimum atomic E-state index is -0.0777. The fourth-order valence-corrected chi connectivity index (χ4v) is 4.53. The van der Waals surface area contributed by atoms with E-state index >= 15 is 0 Å². The minimum absolute atomic E-state index is 0.0777. The smallest absolute Gasteiger partial charge is 0.265 e. The lowest BCUT2D eigenvalue weighted by Gasteiger charge is -2.08. The maximum absolute atomic E-state index is 12.6. The third-order valence-corrected chi connectivity index (χ3v) is 6.27. The number of carbonyl (C=O) groups excluding carboxylic acids is 1. The van der Waals surface area contributed by atoms with Gasteiger partial charge in [-0.2, -0.15) is 0 Å². The first-order valence-corrected chi connectivity index (χ1v) is 9.58. The van der Waals surface area contributed by atoms with Crippen LogP contribution in [0.15, 0.2) is 54.6 Å². The van der Waals surface area contributed by atoms with Crippen molar-refractivity contribution in [2.24, 2.45) is 0 Å². The van der Waals surface area contributed by atoms with Gasteiger partial charge in [0.2, 0.25) is 0 Å². The number of nitrogens with zero attached hydrogens (tertiary/aromatic N) is 1. The van der Waals surface area contributed by atoms with Gasteiger partial charge in [-0.15, -0.1) is 22.7 Å². The van der Waals surface area contributed by atoms with Crippen LogP contribution >= 0.6 is 22.7 Å². The number of benzene rings is 2. The summed E-state index contributed by atoms with van der Waals surface area (Å²) in [5.74, 6) is -0.0777. The number of anilines is 1. The van der Waals surface area contributed by atoms with Crippen molar-refractivity contribution in [3.8, 4) is 9.88 Å². The minimum Gasteiger partial charge on any atom is -0.321 e. The SMILES string of the molecule is Cc1ccc(C)c(NC(=O)c2ccc(-c3nc4ccccc4s3)s2)c1. The van der Waals surface area contributed by atoms with Crippen LogP contribution in [0.25, 0.3) is 20.1 Å². The predicted molar refractivity (Wildman–Crippen MR) is 107 cm³/mol. The fraction of sp³-hybridized carbons (Fsp3) is 0.100. The molecule has 0 saturated carbocycles. The molecule has 0 atom stereocenters. The summed E-state index contributed by atoms with van der Waals surface area (Å²) in [6.45, 7) is 4.02. The Labute approximate surface area is 154 Å². The highest BCUT2D eigenvalue weighted by Crippen LogP contribution is 2.34. The number of hydrogen-bond donors (Lipinski definition) is 1. The van der Waals surface area contributed by atoms with Crippen LogP contribution in [-0.4, -0.2) is 10.9 Å². The Balaban J connectivity index is 1.60. The summed E-state index contributed by atoms with van der Waals surface area (Å²) < 4.78 is 1.16. The van der Waals surface area contributed by atoms with E-state index in [1.807, 2.05) is 62.4 Å². The topological polar surface area (TPSA) is 42.0 Å². The van der Waals surface area contributed by atoms with Crippen LogP contribution in [-0.2, 0) is 0 Å². The lowest BCUT2D eigenvalue weighted by Crippen LogP contribution is -2.11. The highest BCUT2D eigenvalue weighted by Gasteiger charge is 2.14. The van der Waals surface area contributed by atoms with E-state index in [0.717, 1.165) is 36.9 Å². The van der Waals surface area contributed by atoms with Crippen LogP contribution in [0.3, 0.4) is 0 Å². The Hall–Kier alpha value is -2.50. The van der Waals surface area contributed by atoms with E-state index in [0.29, 0.717) is 4.88 Å². The fourth-order valence-electron chi connectivity index (χ4n) is 2.61. The number of aromatic nitrogens is 1. The van der Waals surface area contributed by atoms with Gasteiger partial charge in [0.15, 0.2) is 0 Å². The number of para-hydroxylation sites is 1. The number of fused-ring (bicyclic) bond motifs is 1. The van der Waals surface area contributed by atoms with Crippen molar-refractivity contribution in [1.29, 1.82) is 0 Å². The first kappa shape index (κ1) is 16.0. The van der Waals surface area contributed by atoms with Gasteiger partial charge in [0.1, 0.15) is 5.01 Å². The maximum Gasteiger partial charge on any atom is 0.265 e. The monoisotopic (exact) mass is 364 g/mol. The van der Waals surface area contributed by atoms with E-state index in [9.17, 15) is 4.79 Å². The summed E-state index contributed by atoms with van der Waals surface area (Å²) in [5.41, 5.74) is 4.04. The van der Waals surface area contributed by atoms with Gasteiger partial charge in [0.25, 0.3) is 5.91 Å². The molecule has 0 aliphatic carbocycles. The maximum atomic E-state index is 12.6. The van der Waals surface area contributed by atoms with Gasteiger partial charge < -0.3 is 5.32 Å². The molecule has 0 fully saturated rings. The molecule has 2 heterocycles. The van der Waals surface area contributed by atoms with Crippen LogP contribution in [0.1, 0.15) is 20.8 Å². The molecule has 0 aliphatic rings. The number of carbonyl (C=O) groups is 1. The molecule has 4 aromatic rings. The molecule has 25 heavy (non-hydrogen) atoms. The van der Waals surface area contributed by atoms with Gasteiger partial charge in [-0.1, -0.05) is 24.3 Å². The van der Waals surface area contributed by atoms with Gasteiger partial charge >= 0.3 is 0 Å². The van der Waals surface area contributed by atoms with Crippen molar-refractivity contribution >= 4 is 44.5 Å². The number of rotatable bonds is 3. The third kappa shape index (κ3) is 3.21. The third-order valence-electron chi connectivity index (χ3n) is 3.98. The molecule has 0 radical (unpaired) electrons. The van der Waals surface area contributed by atoms with E-state index in [1.165, 1.54) is 11.3 Å². The van der Waals surface area contributed by atoms with E-state index in [-0.39, 0.29) is 5.91 Å². The molecule has 1 N–H and O–H groups in total. The molecule has 2 aromatic heterocycles. The summed E-state index contributed by atoms with van der Waals surface area (Å²) in [6, 6.07) is 18.0. The molecule has 0 aliphatic heterocycles. The largest absolute Gasteiger partial charge is 0.321 e. The number of hydrogen-bond acceptors (Lipinski definition) is 4. The molecule has 0 unspecified atom stereocenters. The summed E-state index contributed by atoms with van der Waals surface area (Å²) in [5, 5.41) is 3.97. The quantitative estimate of drug-likeness (QED) is 0.492. The molecular weight excluding hydrogens is 348 g/mol. The molecular formula is C20H16N2OS2. The Bertz CT molecular complexity index is 1050. The number of nitrogens with one attached hydrogen (secondary N) is 1. The van der Waals surface area contributed by atoms with E-state index in [4.69, 9.17) is 0 Å². The Morgan fingerprint density at radius 2 is 1.84 bits per heavy atom. The lowest BCUT2D eigenvalue weighted by atomic mass is 10.1. The van der Waals surface area contributed by atoms with E-state index in [2.05, 4.69) is 16.4 Å². The average Bonchev–Trinajstić information content (AvgIpc) is 3.24. The second-order valence-electron chi connectivity index (χ2n) is 5.92. The first-order valence-electron chi connectivity index (χ1n) is 7.94. The van der Waals surface area contributed by atoms with Gasteiger partial charge in [-0.3, -0.25) is 4.79 Å². The Kier molecular flexibility index (Phi) is 4.11. The van der Waals surface area contributed by atoms with Gasteiger partial charge in [-0.05, 0) is 55.3 Å². The molecule has 0 spiro atoms. The number of thiazole rings is 1. The zero-order valence-corrected chi connectivity index (χ0v) is 15.5. The Morgan fingerprint density at radius 3 is 2.68 bits per heavy atom. The van der Waals surface area contributed by atoms with Crippen LogP contribution in [0.5, 0.6) is 0 Å². The van der Waals surface area contributed by atoms with Crippen molar-refractivity contribution < 1.29 is 4.79 Å². The molecule has 4 rings (SSSR count). The molecule has 3 nitrogen and oxygen atoms in total. The lowest BCUT2D eigenvalue weighted by molar-refractivity contribution is 0.103. The molecule has 0 saturated heterocycles. The summed E-state index contributed by atoms with van der Waals surface area (Å²) in [7, 11) is 0. The van der Waals surface area contributed by atoms with Gasteiger partial charge in [-0.25, -0.2) is 4.98 Å². The highest BCUT2D eigenvalue weighted by molar-refractivity contribution is 7.26. The first-order chi connectivity index (χ1) is 12.1. The second-order valence-corrected chi connectivity index (χ2v) is 8.04. The predicted octanol–water partition coefficient (Wildman–Crippen LogP) is 5.89. The second kappa shape index (κ2) is 6.43. The molecule has 124 valence electrons. The number of aryl methyl sites for hydroxylation is 2. The highest BCUT2D eigenvalue weighted by atomic mass is 32.1. The summed E-state index contributed by atoms with van der Waals surface area (Å²) in [6.07, 6.45) is 0. The van der Waals surface area contributed by atoms with E-state index < -0.39 is 0 Å². The molecule has 5 heteroatoms. The van der Waals surface area contributed by atoms with Crippen molar-refractivity contribution in [3.63, 3.8) is 0 Å². The Morgan fingerprint density at radius 1 is 1.00 bits per heavy atom. The van der Waals surface area contributed by atoms with Crippen molar-refractivity contribution in [2.45, 2.75) is 13.8 Å². The normalized spacial score (nSPS) is 11.0. The van der Waals surface area contributed by atoms with Gasteiger partial charge in [0, 0.05) is 5.69 Å². The zero-order valence-electron chi connectivity index (χ0n) is 13.9. The van der Waals surface area contributed by atoms with Crippen molar-refractivity contribution in [3.05, 3.63) is 70.6 Å². The van der Waals surface area contributed by atoms with Crippen LogP contribution in [0.4, 0.5) is 5.69 Å². The van der Waals surface area contributed by atoms with Crippen LogP contribution in [0, 0.1) is 13.8 Å². The van der Waals surface area contributed by atoms with Crippen molar-refractivity contribution in [2.75, 3.05) is 5.32 Å². The van der Waals surface area contributed by atoms with Crippen LogP contribution in [0.2, 0.25) is 0 Å². The standard InChI is InChI=1S/C20H16N2OS2/c1-12-7-8-13(2)15(11-12)21-19(23)17-9-10-18(24-17)20-22-14-5-3-4-6-16(14)25-20/h3-11H,1-2H3,(H,21,23).